The fourth-order valence-electron chi connectivity index (χ4n) is 2.67. The summed E-state index contributed by atoms with van der Waals surface area (Å²) in [6.07, 6.45) is -0.394. The average Bonchev–Trinajstić information content (AvgIpc) is 2.55. The predicted octanol–water partition coefficient (Wildman–Crippen LogP) is 2.59. The maximum absolute atomic E-state index is 12.0. The first-order chi connectivity index (χ1) is 11.4. The van der Waals surface area contributed by atoms with E-state index in [-0.39, 0.29) is 6.04 Å². The molecule has 1 unspecified atom stereocenters. The first-order valence-electron chi connectivity index (χ1n) is 8.31. The van der Waals surface area contributed by atoms with Gasteiger partial charge < -0.3 is 19.5 Å². The second-order valence-electron chi connectivity index (χ2n) is 6.82. The molecule has 1 N–H and O–H groups in total. The summed E-state index contributed by atoms with van der Waals surface area (Å²) in [5, 5.41) is 2.89. The predicted molar refractivity (Wildman–Crippen MR) is 92.4 cm³/mol. The van der Waals surface area contributed by atoms with E-state index in [1.807, 2.05) is 45.0 Å². The lowest BCUT2D eigenvalue weighted by Gasteiger charge is -2.35. The fourth-order valence-corrected chi connectivity index (χ4v) is 2.67. The molecule has 134 valence electrons. The smallest absolute Gasteiger partial charge is 0.407 e. The zero-order valence-corrected chi connectivity index (χ0v) is 15.0. The zero-order valence-electron chi connectivity index (χ0n) is 15.0. The number of nitrogens with one attached hydrogen (secondary N) is 1. The van der Waals surface area contributed by atoms with Gasteiger partial charge in [-0.3, -0.25) is 4.90 Å². The number of morpholine rings is 1. The third-order valence-corrected chi connectivity index (χ3v) is 3.83. The quantitative estimate of drug-likeness (QED) is 0.895. The van der Waals surface area contributed by atoms with E-state index in [0.29, 0.717) is 19.8 Å². The minimum atomic E-state index is -0.501. The molecule has 1 aliphatic rings. The van der Waals surface area contributed by atoms with Gasteiger partial charge in [0.05, 0.1) is 26.4 Å². The molecule has 0 spiro atoms. The summed E-state index contributed by atoms with van der Waals surface area (Å²) in [6, 6.07) is 8.03. The van der Waals surface area contributed by atoms with Gasteiger partial charge in [0.1, 0.15) is 11.4 Å². The molecular weight excluding hydrogens is 308 g/mol. The first-order valence-corrected chi connectivity index (χ1v) is 8.31. The first kappa shape index (κ1) is 18.5. The number of alkyl carbamates (subject to hydrolysis) is 1. The third kappa shape index (κ3) is 5.69. The molecule has 0 radical (unpaired) electrons. The van der Waals surface area contributed by atoms with Gasteiger partial charge in [-0.15, -0.1) is 0 Å². The number of rotatable bonds is 5. The van der Waals surface area contributed by atoms with Crippen LogP contribution < -0.4 is 10.1 Å². The summed E-state index contributed by atoms with van der Waals surface area (Å²) in [5.74, 6) is 0.819. The lowest BCUT2D eigenvalue weighted by atomic mass is 10.0. The Morgan fingerprint density at radius 1 is 1.25 bits per heavy atom. The Morgan fingerprint density at radius 2 is 1.88 bits per heavy atom. The summed E-state index contributed by atoms with van der Waals surface area (Å²) < 4.78 is 16.0. The number of hydrogen-bond donors (Lipinski definition) is 1. The Hall–Kier alpha value is -1.79. The van der Waals surface area contributed by atoms with Crippen molar-refractivity contribution in [3.8, 4) is 5.75 Å². The maximum Gasteiger partial charge on any atom is 0.407 e. The van der Waals surface area contributed by atoms with Crippen molar-refractivity contribution >= 4 is 6.09 Å². The summed E-state index contributed by atoms with van der Waals surface area (Å²) in [6.45, 7) is 9.15. The van der Waals surface area contributed by atoms with E-state index in [4.69, 9.17) is 14.2 Å². The standard InChI is InChI=1S/C18H28N2O4/c1-18(2,3)24-17(21)19-13-16(20-9-11-23-12-10-20)14-5-7-15(22-4)8-6-14/h5-8,16H,9-13H2,1-4H3,(H,19,21). The Bertz CT molecular complexity index is 519. The number of benzene rings is 1. The molecule has 0 aromatic heterocycles. The second-order valence-corrected chi connectivity index (χ2v) is 6.82. The van der Waals surface area contributed by atoms with Gasteiger partial charge in [0.15, 0.2) is 0 Å². The van der Waals surface area contributed by atoms with Crippen LogP contribution in [0, 0.1) is 0 Å². The number of carbonyl (C=O) groups is 1. The van der Waals surface area contributed by atoms with Crippen molar-refractivity contribution in [1.29, 1.82) is 0 Å². The van der Waals surface area contributed by atoms with E-state index in [1.54, 1.807) is 7.11 Å². The van der Waals surface area contributed by atoms with Crippen molar-refractivity contribution in [2.75, 3.05) is 40.0 Å². The summed E-state index contributed by atoms with van der Waals surface area (Å²) in [4.78, 5) is 14.3. The van der Waals surface area contributed by atoms with Crippen LogP contribution in [-0.2, 0) is 9.47 Å². The van der Waals surface area contributed by atoms with Crippen LogP contribution in [0.2, 0.25) is 0 Å². The van der Waals surface area contributed by atoms with E-state index >= 15 is 0 Å². The topological polar surface area (TPSA) is 60.0 Å². The molecule has 2 rings (SSSR count). The Labute approximate surface area is 144 Å². The average molecular weight is 336 g/mol. The molecular formula is C18H28N2O4. The zero-order chi connectivity index (χ0) is 17.6. The molecule has 1 atom stereocenters. The van der Waals surface area contributed by atoms with Crippen LogP contribution in [0.15, 0.2) is 24.3 Å². The molecule has 24 heavy (non-hydrogen) atoms. The minimum Gasteiger partial charge on any atom is -0.497 e. The highest BCUT2D eigenvalue weighted by molar-refractivity contribution is 5.67. The van der Waals surface area contributed by atoms with Crippen LogP contribution >= 0.6 is 0 Å². The lowest BCUT2D eigenvalue weighted by Crippen LogP contribution is -2.44. The van der Waals surface area contributed by atoms with Crippen molar-refractivity contribution in [3.05, 3.63) is 29.8 Å². The van der Waals surface area contributed by atoms with Gasteiger partial charge in [0, 0.05) is 19.6 Å². The van der Waals surface area contributed by atoms with Gasteiger partial charge in [-0.2, -0.15) is 0 Å². The second kappa shape index (κ2) is 8.35. The molecule has 6 heteroatoms. The highest BCUT2D eigenvalue weighted by Gasteiger charge is 2.24. The van der Waals surface area contributed by atoms with E-state index in [1.165, 1.54) is 0 Å². The monoisotopic (exact) mass is 336 g/mol. The molecule has 6 nitrogen and oxygen atoms in total. The van der Waals surface area contributed by atoms with Crippen molar-refractivity contribution < 1.29 is 19.0 Å². The van der Waals surface area contributed by atoms with Gasteiger partial charge in [0.25, 0.3) is 0 Å². The van der Waals surface area contributed by atoms with Gasteiger partial charge in [-0.1, -0.05) is 12.1 Å². The van der Waals surface area contributed by atoms with Crippen molar-refractivity contribution in [3.63, 3.8) is 0 Å². The van der Waals surface area contributed by atoms with E-state index in [2.05, 4.69) is 10.2 Å². The van der Waals surface area contributed by atoms with Gasteiger partial charge >= 0.3 is 6.09 Å². The number of carbonyl (C=O) groups excluding carboxylic acids is 1. The van der Waals surface area contributed by atoms with Crippen LogP contribution in [0.5, 0.6) is 5.75 Å². The van der Waals surface area contributed by atoms with E-state index < -0.39 is 11.7 Å². The summed E-state index contributed by atoms with van der Waals surface area (Å²) >= 11 is 0. The lowest BCUT2D eigenvalue weighted by molar-refractivity contribution is 0.0140. The number of amides is 1. The molecule has 1 heterocycles. The van der Waals surface area contributed by atoms with Crippen molar-refractivity contribution in [1.82, 2.24) is 10.2 Å². The number of ether oxygens (including phenoxy) is 3. The van der Waals surface area contributed by atoms with Crippen molar-refractivity contribution in [2.24, 2.45) is 0 Å². The Kier molecular flexibility index (Phi) is 6.45. The van der Waals surface area contributed by atoms with Crippen LogP contribution in [0.3, 0.4) is 0 Å². The minimum absolute atomic E-state index is 0.0762. The van der Waals surface area contributed by atoms with E-state index in [0.717, 1.165) is 24.4 Å². The highest BCUT2D eigenvalue weighted by atomic mass is 16.6. The SMILES string of the molecule is COc1ccc(C(CNC(=O)OC(C)(C)C)N2CCOCC2)cc1. The van der Waals surface area contributed by atoms with Crippen LogP contribution in [0.1, 0.15) is 32.4 Å². The Balaban J connectivity index is 2.06. The van der Waals surface area contributed by atoms with Crippen LogP contribution in [0.25, 0.3) is 0 Å². The number of hydrogen-bond acceptors (Lipinski definition) is 5. The maximum atomic E-state index is 12.0. The van der Waals surface area contributed by atoms with E-state index in [9.17, 15) is 4.79 Å². The Morgan fingerprint density at radius 3 is 2.42 bits per heavy atom. The molecule has 0 bridgehead atoms. The highest BCUT2D eigenvalue weighted by Crippen LogP contribution is 2.23. The molecule has 1 aromatic carbocycles. The van der Waals surface area contributed by atoms with Gasteiger partial charge in [0.2, 0.25) is 0 Å². The normalized spacial score (nSPS) is 17.2. The third-order valence-electron chi connectivity index (χ3n) is 3.83. The number of methoxy groups -OCH3 is 1. The summed E-state index contributed by atoms with van der Waals surface area (Å²) in [5.41, 5.74) is 0.632. The molecule has 1 aliphatic heterocycles. The molecule has 0 aliphatic carbocycles. The van der Waals surface area contributed by atoms with Gasteiger partial charge in [-0.05, 0) is 38.5 Å². The molecule has 1 saturated heterocycles. The summed E-state index contributed by atoms with van der Waals surface area (Å²) in [7, 11) is 1.65. The largest absolute Gasteiger partial charge is 0.497 e. The van der Waals surface area contributed by atoms with Crippen molar-refractivity contribution in [2.45, 2.75) is 32.4 Å². The molecule has 0 saturated carbocycles. The van der Waals surface area contributed by atoms with Crippen LogP contribution in [0.4, 0.5) is 4.79 Å². The van der Waals surface area contributed by atoms with Crippen LogP contribution in [-0.4, -0.2) is 56.6 Å². The fraction of sp³-hybridized carbons (Fsp3) is 0.611. The van der Waals surface area contributed by atoms with Gasteiger partial charge in [-0.25, -0.2) is 4.79 Å². The molecule has 1 fully saturated rings. The number of nitrogens with zero attached hydrogens (tertiary/aromatic N) is 1. The molecule has 1 aromatic rings. The molecule has 1 amide bonds.